The zero-order valence-electron chi connectivity index (χ0n) is 12.5. The van der Waals surface area contributed by atoms with Crippen molar-refractivity contribution >= 4 is 40.1 Å². The molecule has 0 spiro atoms. The molecule has 0 N–H and O–H groups in total. The summed E-state index contributed by atoms with van der Waals surface area (Å²) < 4.78 is 4.64. The van der Waals surface area contributed by atoms with Crippen molar-refractivity contribution in [3.8, 4) is 0 Å². The molecule has 122 valence electrons. The van der Waals surface area contributed by atoms with Gasteiger partial charge in [-0.2, -0.15) is 0 Å². The van der Waals surface area contributed by atoms with Crippen molar-refractivity contribution < 1.29 is 24.0 Å². The number of rotatable bonds is 4. The van der Waals surface area contributed by atoms with Gasteiger partial charge in [0.15, 0.2) is 5.12 Å². The molecule has 1 amide bonds. The lowest BCUT2D eigenvalue weighted by Crippen LogP contribution is -2.28. The van der Waals surface area contributed by atoms with E-state index in [0.29, 0.717) is 0 Å². The van der Waals surface area contributed by atoms with Gasteiger partial charge in [0.05, 0.1) is 17.6 Å². The van der Waals surface area contributed by atoms with Crippen molar-refractivity contribution in [2.45, 2.75) is 18.6 Å². The molecule has 23 heavy (non-hydrogen) atoms. The Hall–Kier alpha value is -2.42. The highest BCUT2D eigenvalue weighted by Gasteiger charge is 2.38. The van der Waals surface area contributed by atoms with Crippen LogP contribution in [-0.4, -0.2) is 40.8 Å². The first-order valence-corrected chi connectivity index (χ1v) is 7.56. The highest BCUT2D eigenvalue weighted by atomic mass is 32.2. The van der Waals surface area contributed by atoms with Crippen molar-refractivity contribution in [2.75, 3.05) is 18.6 Å². The minimum atomic E-state index is -0.765. The maximum Gasteiger partial charge on any atom is 0.340 e. The van der Waals surface area contributed by atoms with Crippen LogP contribution in [0, 0.1) is 10.1 Å². The summed E-state index contributed by atoms with van der Waals surface area (Å²) in [5.41, 5.74) is -0.487. The topological polar surface area (TPSA) is 107 Å². The van der Waals surface area contributed by atoms with Crippen LogP contribution in [0.15, 0.2) is 18.2 Å². The van der Waals surface area contributed by atoms with Gasteiger partial charge in [0.2, 0.25) is 5.91 Å². The molecule has 1 aliphatic rings. The summed E-state index contributed by atoms with van der Waals surface area (Å²) >= 11 is 1.01. The number of esters is 1. The van der Waals surface area contributed by atoms with E-state index in [4.69, 9.17) is 0 Å². The number of carbonyl (C=O) groups is 3. The molecule has 1 aromatic rings. The number of nitro benzene ring substituents is 1. The molecule has 1 saturated heterocycles. The number of thioether (sulfide) groups is 1. The predicted molar refractivity (Wildman–Crippen MR) is 83.5 cm³/mol. The summed E-state index contributed by atoms with van der Waals surface area (Å²) in [6.07, 6.45) is 0.0803. The first-order valence-electron chi connectivity index (χ1n) is 6.68. The smallest absolute Gasteiger partial charge is 0.340 e. The highest BCUT2D eigenvalue weighted by molar-refractivity contribution is 8.14. The Morgan fingerprint density at radius 3 is 2.70 bits per heavy atom. The summed E-state index contributed by atoms with van der Waals surface area (Å²) in [7, 11) is 1.16. The average molecular weight is 338 g/mol. The van der Waals surface area contributed by atoms with E-state index in [1.54, 1.807) is 0 Å². The van der Waals surface area contributed by atoms with Gasteiger partial charge in [-0.3, -0.25) is 19.7 Å². The van der Waals surface area contributed by atoms with Crippen LogP contribution in [0.1, 0.15) is 23.7 Å². The van der Waals surface area contributed by atoms with Crippen molar-refractivity contribution in [3.05, 3.63) is 33.9 Å². The number of carbonyl (C=O) groups excluding carboxylic acids is 3. The molecule has 0 saturated carbocycles. The van der Waals surface area contributed by atoms with Crippen molar-refractivity contribution in [3.63, 3.8) is 0 Å². The molecule has 1 unspecified atom stereocenters. The molecular formula is C14H14N2O6S. The third-order valence-electron chi connectivity index (χ3n) is 3.31. The second-order valence-corrected chi connectivity index (χ2v) is 6.34. The molecule has 1 fully saturated rings. The lowest BCUT2D eigenvalue weighted by Gasteiger charge is -2.19. The number of hydrogen-bond acceptors (Lipinski definition) is 7. The quantitative estimate of drug-likeness (QED) is 0.468. The van der Waals surface area contributed by atoms with E-state index in [-0.39, 0.29) is 46.2 Å². The van der Waals surface area contributed by atoms with E-state index in [2.05, 4.69) is 4.74 Å². The number of amides is 1. The monoisotopic (exact) mass is 338 g/mol. The van der Waals surface area contributed by atoms with Crippen molar-refractivity contribution in [1.29, 1.82) is 0 Å². The maximum absolute atomic E-state index is 12.2. The van der Waals surface area contributed by atoms with Gasteiger partial charge in [0, 0.05) is 31.2 Å². The minimum absolute atomic E-state index is 0.0523. The number of nitrogens with zero attached hydrogens (tertiary/aromatic N) is 2. The molecule has 1 atom stereocenters. The fourth-order valence-corrected chi connectivity index (χ4v) is 3.36. The Kier molecular flexibility index (Phi) is 4.99. The van der Waals surface area contributed by atoms with E-state index < -0.39 is 10.9 Å². The summed E-state index contributed by atoms with van der Waals surface area (Å²) in [6, 6.07) is 3.95. The first-order chi connectivity index (χ1) is 10.8. The summed E-state index contributed by atoms with van der Waals surface area (Å²) in [4.78, 5) is 47.1. The van der Waals surface area contributed by atoms with E-state index >= 15 is 0 Å². The Labute approximate surface area is 135 Å². The van der Waals surface area contributed by atoms with Crippen LogP contribution in [0.4, 0.5) is 11.4 Å². The normalized spacial score (nSPS) is 17.2. The number of hydrogen-bond donors (Lipinski definition) is 0. The Bertz CT molecular complexity index is 690. The van der Waals surface area contributed by atoms with Crippen LogP contribution < -0.4 is 4.90 Å². The van der Waals surface area contributed by atoms with Crippen LogP contribution >= 0.6 is 11.8 Å². The second-order valence-electron chi connectivity index (χ2n) is 4.86. The van der Waals surface area contributed by atoms with Gasteiger partial charge in [-0.15, -0.1) is 0 Å². The Morgan fingerprint density at radius 2 is 2.13 bits per heavy atom. The number of anilines is 1. The number of ether oxygens (including phenoxy) is 1. The van der Waals surface area contributed by atoms with Crippen LogP contribution in [-0.2, 0) is 14.3 Å². The number of para-hydroxylation sites is 1. The van der Waals surface area contributed by atoms with Gasteiger partial charge in [0.25, 0.3) is 5.69 Å². The maximum atomic E-state index is 12.2. The third-order valence-corrected chi connectivity index (χ3v) is 4.29. The average Bonchev–Trinajstić information content (AvgIpc) is 2.84. The second kappa shape index (κ2) is 6.78. The van der Waals surface area contributed by atoms with Crippen LogP contribution in [0.2, 0.25) is 0 Å². The minimum Gasteiger partial charge on any atom is -0.465 e. The fourth-order valence-electron chi connectivity index (χ4n) is 2.44. The first kappa shape index (κ1) is 16.9. The van der Waals surface area contributed by atoms with Crippen molar-refractivity contribution in [2.24, 2.45) is 0 Å². The van der Waals surface area contributed by atoms with Crippen LogP contribution in [0.5, 0.6) is 0 Å². The number of methoxy groups -OCH3 is 1. The van der Waals surface area contributed by atoms with E-state index in [0.717, 1.165) is 18.9 Å². The fraction of sp³-hybridized carbons (Fsp3) is 0.357. The standard InChI is InChI=1S/C14H14N2O6S/c1-8(17)23-9-6-12(18)15(7-9)13-10(14(19)22-2)4-3-5-11(13)16(20)21/h3-5,9H,6-7H2,1-2H3. The zero-order valence-corrected chi connectivity index (χ0v) is 13.3. The van der Waals surface area contributed by atoms with Gasteiger partial charge < -0.3 is 9.64 Å². The number of nitro groups is 1. The predicted octanol–water partition coefficient (Wildman–Crippen LogP) is 1.77. The van der Waals surface area contributed by atoms with Crippen molar-refractivity contribution in [1.82, 2.24) is 0 Å². The summed E-state index contributed by atoms with van der Waals surface area (Å²) in [5.74, 6) is -1.14. The lowest BCUT2D eigenvalue weighted by molar-refractivity contribution is -0.384. The van der Waals surface area contributed by atoms with E-state index in [1.165, 1.54) is 30.0 Å². The van der Waals surface area contributed by atoms with Gasteiger partial charge in [-0.1, -0.05) is 17.8 Å². The summed E-state index contributed by atoms with van der Waals surface area (Å²) in [6.45, 7) is 1.51. The molecule has 0 bridgehead atoms. The largest absolute Gasteiger partial charge is 0.465 e. The lowest BCUT2D eigenvalue weighted by atomic mass is 10.1. The summed E-state index contributed by atoms with van der Waals surface area (Å²) in [5, 5.41) is 10.8. The molecule has 0 aromatic heterocycles. The molecule has 9 heteroatoms. The molecule has 1 aliphatic heterocycles. The van der Waals surface area contributed by atoms with E-state index in [9.17, 15) is 24.5 Å². The van der Waals surface area contributed by atoms with Gasteiger partial charge >= 0.3 is 5.97 Å². The molecule has 1 heterocycles. The zero-order chi connectivity index (χ0) is 17.1. The Morgan fingerprint density at radius 1 is 1.43 bits per heavy atom. The molecular weight excluding hydrogens is 324 g/mol. The highest BCUT2D eigenvalue weighted by Crippen LogP contribution is 2.37. The molecule has 2 rings (SSSR count). The van der Waals surface area contributed by atoms with Gasteiger partial charge in [-0.05, 0) is 6.07 Å². The van der Waals surface area contributed by atoms with Crippen LogP contribution in [0.3, 0.4) is 0 Å². The molecule has 8 nitrogen and oxygen atoms in total. The molecule has 1 aromatic carbocycles. The Balaban J connectivity index is 2.48. The van der Waals surface area contributed by atoms with Gasteiger partial charge in [-0.25, -0.2) is 4.79 Å². The molecule has 0 radical (unpaired) electrons. The SMILES string of the molecule is COC(=O)c1cccc([N+](=O)[O-])c1N1CC(SC(C)=O)CC1=O. The van der Waals surface area contributed by atoms with E-state index in [1.807, 2.05) is 0 Å². The van der Waals surface area contributed by atoms with Crippen LogP contribution in [0.25, 0.3) is 0 Å². The third kappa shape index (κ3) is 3.50. The number of benzene rings is 1. The van der Waals surface area contributed by atoms with Gasteiger partial charge in [0.1, 0.15) is 5.69 Å². The molecule has 0 aliphatic carbocycles.